The molecule has 0 aliphatic rings. The first-order valence-electron chi connectivity index (χ1n) is 5.19. The van der Waals surface area contributed by atoms with Crippen molar-refractivity contribution in [2.24, 2.45) is 0 Å². The lowest BCUT2D eigenvalue weighted by atomic mass is 10.1. The Hall–Kier alpha value is -2.14. The zero-order valence-electron chi connectivity index (χ0n) is 9.66. The third-order valence-corrected chi connectivity index (χ3v) is 3.20. The third-order valence-electron chi connectivity index (χ3n) is 2.30. The highest BCUT2D eigenvalue weighted by Crippen LogP contribution is 2.23. The molecule has 0 unspecified atom stereocenters. The van der Waals surface area contributed by atoms with Crippen molar-refractivity contribution in [1.29, 1.82) is 0 Å². The van der Waals surface area contributed by atoms with Crippen molar-refractivity contribution in [3.63, 3.8) is 0 Å². The van der Waals surface area contributed by atoms with E-state index in [1.165, 1.54) is 18.4 Å². The van der Waals surface area contributed by atoms with Gasteiger partial charge >= 0.3 is 5.97 Å². The van der Waals surface area contributed by atoms with Gasteiger partial charge in [0, 0.05) is 17.1 Å². The summed E-state index contributed by atoms with van der Waals surface area (Å²) in [6, 6.07) is 7.06. The highest BCUT2D eigenvalue weighted by molar-refractivity contribution is 7.11. The number of ether oxygens (including phenoxy) is 1. The van der Waals surface area contributed by atoms with E-state index in [1.54, 1.807) is 30.5 Å². The Balaban J connectivity index is 2.36. The summed E-state index contributed by atoms with van der Waals surface area (Å²) < 4.78 is 4.95. The molecule has 92 valence electrons. The van der Waals surface area contributed by atoms with Crippen LogP contribution < -0.4 is 4.74 Å². The minimum Gasteiger partial charge on any atom is -0.481 e. The van der Waals surface area contributed by atoms with Crippen molar-refractivity contribution in [3.8, 4) is 5.88 Å². The van der Waals surface area contributed by atoms with Gasteiger partial charge in [-0.3, -0.25) is 0 Å². The molecule has 5 heteroatoms. The highest BCUT2D eigenvalue weighted by Gasteiger charge is 2.11. The Labute approximate surface area is 108 Å². The molecule has 2 rings (SSSR count). The molecule has 0 aliphatic heterocycles. The molecule has 0 fully saturated rings. The van der Waals surface area contributed by atoms with Crippen molar-refractivity contribution in [3.05, 3.63) is 46.3 Å². The molecule has 2 heterocycles. The van der Waals surface area contributed by atoms with Gasteiger partial charge in [0.05, 0.1) is 12.7 Å². The number of nitrogens with zero attached hydrogens (tertiary/aromatic N) is 1. The molecular formula is C13H11NO3S. The number of thiophene rings is 1. The van der Waals surface area contributed by atoms with Crippen LogP contribution in [0, 0.1) is 0 Å². The molecule has 0 radical (unpaired) electrons. The number of methoxy groups -OCH3 is 1. The topological polar surface area (TPSA) is 59.4 Å². The van der Waals surface area contributed by atoms with Gasteiger partial charge < -0.3 is 9.84 Å². The van der Waals surface area contributed by atoms with Crippen LogP contribution in [0.3, 0.4) is 0 Å². The van der Waals surface area contributed by atoms with E-state index in [-0.39, 0.29) is 5.57 Å². The lowest BCUT2D eigenvalue weighted by Crippen LogP contribution is -1.97. The van der Waals surface area contributed by atoms with Crippen LogP contribution in [0.2, 0.25) is 0 Å². The number of carbonyl (C=O) groups is 1. The Morgan fingerprint density at radius 2 is 2.28 bits per heavy atom. The Morgan fingerprint density at radius 1 is 1.44 bits per heavy atom. The zero-order chi connectivity index (χ0) is 13.0. The van der Waals surface area contributed by atoms with Crippen LogP contribution in [-0.2, 0) is 4.79 Å². The first-order valence-corrected chi connectivity index (χ1v) is 6.07. The summed E-state index contributed by atoms with van der Waals surface area (Å²) in [5.41, 5.74) is 0.985. The summed E-state index contributed by atoms with van der Waals surface area (Å²) in [6.07, 6.45) is 3.18. The minimum atomic E-state index is -0.951. The van der Waals surface area contributed by atoms with E-state index in [2.05, 4.69) is 4.98 Å². The van der Waals surface area contributed by atoms with E-state index in [9.17, 15) is 9.90 Å². The molecule has 0 spiro atoms. The van der Waals surface area contributed by atoms with Gasteiger partial charge in [-0.25, -0.2) is 9.78 Å². The fourth-order valence-corrected chi connectivity index (χ4v) is 2.17. The average molecular weight is 261 g/mol. The molecule has 0 atom stereocenters. The lowest BCUT2D eigenvalue weighted by Gasteiger charge is -2.01. The SMILES string of the molecule is COc1ccc(/C=C(/C(=O)O)c2cccs2)cn1. The second-order valence-electron chi connectivity index (χ2n) is 3.47. The normalized spacial score (nSPS) is 11.3. The number of pyridine rings is 1. The van der Waals surface area contributed by atoms with Crippen LogP contribution in [0.15, 0.2) is 35.8 Å². The average Bonchev–Trinajstić information content (AvgIpc) is 2.90. The molecule has 0 saturated heterocycles. The molecule has 0 saturated carbocycles. The molecule has 4 nitrogen and oxygen atoms in total. The number of hydrogen-bond donors (Lipinski definition) is 1. The molecular weight excluding hydrogens is 250 g/mol. The highest BCUT2D eigenvalue weighted by atomic mass is 32.1. The van der Waals surface area contributed by atoms with E-state index < -0.39 is 5.97 Å². The van der Waals surface area contributed by atoms with E-state index in [1.807, 2.05) is 11.4 Å². The van der Waals surface area contributed by atoms with E-state index >= 15 is 0 Å². The molecule has 0 aliphatic carbocycles. The van der Waals surface area contributed by atoms with Crippen LogP contribution in [0.5, 0.6) is 5.88 Å². The van der Waals surface area contributed by atoms with Gasteiger partial charge in [-0.2, -0.15) is 0 Å². The smallest absolute Gasteiger partial charge is 0.337 e. The maximum Gasteiger partial charge on any atom is 0.337 e. The fraction of sp³-hybridized carbons (Fsp3) is 0.0769. The van der Waals surface area contributed by atoms with Crippen LogP contribution >= 0.6 is 11.3 Å². The van der Waals surface area contributed by atoms with Gasteiger partial charge in [0.25, 0.3) is 0 Å². The molecule has 0 aromatic carbocycles. The minimum absolute atomic E-state index is 0.261. The second-order valence-corrected chi connectivity index (χ2v) is 4.42. The van der Waals surface area contributed by atoms with Gasteiger partial charge in [-0.15, -0.1) is 11.3 Å². The monoisotopic (exact) mass is 261 g/mol. The van der Waals surface area contributed by atoms with E-state index in [0.717, 1.165) is 10.4 Å². The standard InChI is InChI=1S/C13H11NO3S/c1-17-12-5-4-9(8-14-12)7-10(13(15)16)11-3-2-6-18-11/h2-8H,1H3,(H,15,16)/b10-7+. The number of hydrogen-bond acceptors (Lipinski definition) is 4. The summed E-state index contributed by atoms with van der Waals surface area (Å²) in [5.74, 6) is -0.451. The van der Waals surface area contributed by atoms with Crippen molar-refractivity contribution in [2.75, 3.05) is 7.11 Å². The van der Waals surface area contributed by atoms with Gasteiger partial charge in [-0.05, 0) is 29.2 Å². The Kier molecular flexibility index (Phi) is 3.74. The Bertz CT molecular complexity index is 558. The number of aromatic nitrogens is 1. The molecule has 0 amide bonds. The summed E-state index contributed by atoms with van der Waals surface area (Å²) in [7, 11) is 1.53. The zero-order valence-corrected chi connectivity index (χ0v) is 10.5. The maximum atomic E-state index is 11.2. The van der Waals surface area contributed by atoms with Crippen LogP contribution in [0.1, 0.15) is 10.4 Å². The number of rotatable bonds is 4. The first-order chi connectivity index (χ1) is 8.70. The van der Waals surface area contributed by atoms with Gasteiger partial charge in [0.2, 0.25) is 5.88 Å². The van der Waals surface area contributed by atoms with Gasteiger partial charge in [-0.1, -0.05) is 6.07 Å². The summed E-state index contributed by atoms with van der Waals surface area (Å²) in [4.78, 5) is 16.0. The van der Waals surface area contributed by atoms with Crippen molar-refractivity contribution in [1.82, 2.24) is 4.98 Å². The quantitative estimate of drug-likeness (QED) is 0.860. The first kappa shape index (κ1) is 12.3. The largest absolute Gasteiger partial charge is 0.481 e. The predicted molar refractivity (Wildman–Crippen MR) is 70.6 cm³/mol. The maximum absolute atomic E-state index is 11.2. The van der Waals surface area contributed by atoms with Crippen molar-refractivity contribution in [2.45, 2.75) is 0 Å². The number of carboxylic acid groups (broad SMARTS) is 1. The third kappa shape index (κ3) is 2.75. The van der Waals surface area contributed by atoms with E-state index in [0.29, 0.717) is 5.88 Å². The number of aliphatic carboxylic acids is 1. The van der Waals surface area contributed by atoms with Crippen LogP contribution in [0.4, 0.5) is 0 Å². The lowest BCUT2D eigenvalue weighted by molar-refractivity contribution is -0.130. The fourth-order valence-electron chi connectivity index (χ4n) is 1.43. The second kappa shape index (κ2) is 5.46. The molecule has 2 aromatic heterocycles. The molecule has 2 aromatic rings. The molecule has 0 bridgehead atoms. The van der Waals surface area contributed by atoms with Crippen molar-refractivity contribution < 1.29 is 14.6 Å². The summed E-state index contributed by atoms with van der Waals surface area (Å²) in [6.45, 7) is 0. The number of carboxylic acids is 1. The summed E-state index contributed by atoms with van der Waals surface area (Å²) in [5, 5.41) is 11.0. The van der Waals surface area contributed by atoms with E-state index in [4.69, 9.17) is 4.74 Å². The van der Waals surface area contributed by atoms with Gasteiger partial charge in [0.15, 0.2) is 0 Å². The molecule has 1 N–H and O–H groups in total. The predicted octanol–water partition coefficient (Wildman–Crippen LogP) is 2.78. The Morgan fingerprint density at radius 3 is 2.78 bits per heavy atom. The van der Waals surface area contributed by atoms with Gasteiger partial charge in [0.1, 0.15) is 0 Å². The summed E-state index contributed by atoms with van der Waals surface area (Å²) >= 11 is 1.39. The van der Waals surface area contributed by atoms with Crippen LogP contribution in [-0.4, -0.2) is 23.2 Å². The molecule has 18 heavy (non-hydrogen) atoms. The van der Waals surface area contributed by atoms with Crippen LogP contribution in [0.25, 0.3) is 11.6 Å². The van der Waals surface area contributed by atoms with Crippen molar-refractivity contribution >= 4 is 29.0 Å².